The zero-order valence-electron chi connectivity index (χ0n) is 29.3. The maximum absolute atomic E-state index is 12.3. The third-order valence-electron chi connectivity index (χ3n) is 11.0. The van der Waals surface area contributed by atoms with Gasteiger partial charge in [0.15, 0.2) is 0 Å². The van der Waals surface area contributed by atoms with Gasteiger partial charge in [-0.05, 0) is 70.3 Å². The van der Waals surface area contributed by atoms with Gasteiger partial charge < -0.3 is 81.0 Å². The number of benzene rings is 4. The lowest BCUT2D eigenvalue weighted by Crippen LogP contribution is -2.55. The van der Waals surface area contributed by atoms with E-state index < -0.39 is 115 Å². The molecule has 2 fully saturated rings. The van der Waals surface area contributed by atoms with Crippen molar-refractivity contribution in [3.63, 3.8) is 0 Å². The van der Waals surface area contributed by atoms with Crippen LogP contribution in [-0.4, -0.2) is 134 Å². The number of aliphatic hydroxyl groups is 8. The maximum Gasteiger partial charge on any atom is 0.129 e. The number of ether oxygens (including phenoxy) is 2. The number of rotatable bonds is 7. The second kappa shape index (κ2) is 15.2. The third kappa shape index (κ3) is 6.58. The zero-order valence-corrected chi connectivity index (χ0v) is 29.3. The number of hydrogen-bond donors (Lipinski definition) is 14. The van der Waals surface area contributed by atoms with E-state index in [9.17, 15) is 71.5 Å². The lowest BCUT2D eigenvalue weighted by Gasteiger charge is -2.40. The topological polar surface area (TPSA) is 302 Å². The molecule has 0 aromatic heterocycles. The normalized spacial score (nSPS) is 32.4. The first kappa shape index (κ1) is 39.3. The summed E-state index contributed by atoms with van der Waals surface area (Å²) in [4.78, 5) is 0. The van der Waals surface area contributed by atoms with Crippen molar-refractivity contribution in [1.82, 2.24) is 0 Å². The van der Waals surface area contributed by atoms with E-state index in [1.807, 2.05) is 0 Å². The Morgan fingerprint density at radius 1 is 0.482 bits per heavy atom. The molecule has 12 unspecified atom stereocenters. The quantitative estimate of drug-likeness (QED) is 0.121. The average molecular weight is 779 g/mol. The van der Waals surface area contributed by atoms with Crippen molar-refractivity contribution in [2.45, 2.75) is 72.9 Å². The molecule has 4 aromatic carbocycles. The molecule has 16 heteroatoms. The fourth-order valence-corrected chi connectivity index (χ4v) is 8.16. The fraction of sp³-hybridized carbons (Fsp3) is 0.350. The van der Waals surface area contributed by atoms with Gasteiger partial charge in [0.2, 0.25) is 0 Å². The molecule has 2 aliphatic heterocycles. The Balaban J connectivity index is 1.47. The number of allylic oxidation sites excluding steroid dienone is 1. The van der Waals surface area contributed by atoms with E-state index in [1.165, 1.54) is 42.5 Å². The van der Waals surface area contributed by atoms with Crippen LogP contribution in [0, 0.1) is 0 Å². The van der Waals surface area contributed by atoms with Crippen LogP contribution in [0.2, 0.25) is 0 Å². The number of phenolic OH excluding ortho intramolecular Hbond substituents is 6. The highest BCUT2D eigenvalue weighted by Crippen LogP contribution is 2.61. The van der Waals surface area contributed by atoms with Gasteiger partial charge in [0, 0.05) is 17.4 Å². The predicted molar refractivity (Wildman–Crippen MR) is 194 cm³/mol. The van der Waals surface area contributed by atoms with Crippen LogP contribution in [0.15, 0.2) is 66.7 Å². The molecule has 4 aromatic rings. The molecule has 2 saturated heterocycles. The Labute approximate surface area is 318 Å². The van der Waals surface area contributed by atoms with Gasteiger partial charge in [-0.2, -0.15) is 0 Å². The lowest BCUT2D eigenvalue weighted by molar-refractivity contribution is -0.232. The van der Waals surface area contributed by atoms with E-state index in [0.717, 1.165) is 0 Å². The Morgan fingerprint density at radius 2 is 0.946 bits per heavy atom. The third-order valence-corrected chi connectivity index (χ3v) is 11.0. The molecule has 0 amide bonds. The molecule has 12 atom stereocenters. The van der Waals surface area contributed by atoms with Gasteiger partial charge >= 0.3 is 0 Å². The van der Waals surface area contributed by atoms with E-state index in [1.54, 1.807) is 30.3 Å². The van der Waals surface area contributed by atoms with E-state index >= 15 is 0 Å². The zero-order chi connectivity index (χ0) is 40.3. The van der Waals surface area contributed by atoms with Gasteiger partial charge in [0.1, 0.15) is 95.5 Å². The molecule has 16 nitrogen and oxygen atoms in total. The van der Waals surface area contributed by atoms with Gasteiger partial charge in [-0.25, -0.2) is 0 Å². The second-order valence-electron chi connectivity index (χ2n) is 14.3. The molecule has 0 spiro atoms. The Hall–Kier alpha value is -4.98. The van der Waals surface area contributed by atoms with Crippen molar-refractivity contribution < 1.29 is 81.0 Å². The summed E-state index contributed by atoms with van der Waals surface area (Å²) in [6.07, 6.45) is -15.3. The van der Waals surface area contributed by atoms with Crippen LogP contribution in [0.3, 0.4) is 0 Å². The Kier molecular flexibility index (Phi) is 10.6. The van der Waals surface area contributed by atoms with Crippen LogP contribution in [0.4, 0.5) is 0 Å². The molecule has 56 heavy (non-hydrogen) atoms. The minimum atomic E-state index is -1.91. The van der Waals surface area contributed by atoms with Crippen molar-refractivity contribution in [2.75, 3.05) is 13.2 Å². The highest BCUT2D eigenvalue weighted by atomic mass is 16.6. The molecular weight excluding hydrogens is 736 g/mol. The summed E-state index contributed by atoms with van der Waals surface area (Å²) in [5, 5.41) is 150. The molecule has 298 valence electrons. The number of aromatic hydroxyl groups is 6. The van der Waals surface area contributed by atoms with Gasteiger partial charge in [-0.1, -0.05) is 30.3 Å². The van der Waals surface area contributed by atoms with E-state index in [4.69, 9.17) is 9.47 Å². The van der Waals surface area contributed by atoms with E-state index in [0.29, 0.717) is 16.7 Å². The number of fused-ring (bicyclic) bond motifs is 1. The van der Waals surface area contributed by atoms with Crippen LogP contribution in [-0.2, 0) is 9.47 Å². The number of hydrogen-bond acceptors (Lipinski definition) is 16. The van der Waals surface area contributed by atoms with Crippen molar-refractivity contribution >= 4 is 11.6 Å². The van der Waals surface area contributed by atoms with E-state index in [-0.39, 0.29) is 33.8 Å². The van der Waals surface area contributed by atoms with Crippen molar-refractivity contribution in [2.24, 2.45) is 0 Å². The molecular formula is C40H42O16. The summed E-state index contributed by atoms with van der Waals surface area (Å²) in [5.74, 6) is -4.60. The van der Waals surface area contributed by atoms with Crippen LogP contribution < -0.4 is 0 Å². The van der Waals surface area contributed by atoms with Gasteiger partial charge in [-0.3, -0.25) is 0 Å². The van der Waals surface area contributed by atoms with Crippen molar-refractivity contribution in [3.8, 4) is 34.5 Å². The van der Waals surface area contributed by atoms with Gasteiger partial charge in [0.25, 0.3) is 0 Å². The molecule has 7 rings (SSSR count). The van der Waals surface area contributed by atoms with Crippen LogP contribution in [0.1, 0.15) is 63.0 Å². The number of phenols is 6. The first-order valence-electron chi connectivity index (χ1n) is 17.7. The molecule has 0 bridgehead atoms. The first-order valence-corrected chi connectivity index (χ1v) is 17.7. The first-order chi connectivity index (χ1) is 26.7. The molecule has 14 N–H and O–H groups in total. The average Bonchev–Trinajstić information content (AvgIpc) is 3.48. The fourth-order valence-electron chi connectivity index (χ4n) is 8.16. The standard InChI is InChI=1S/C40H42O16/c41-13-25-32(48)35(51)37(53)39(55-25)30-22(45)10-17(11-23(30)46)28-27(16-3-7-19(44)8-4-16)20(9-15-1-5-18(43)6-2-15)21-12-24(47)31(34(50)29(21)28)40-38(54)36(52)33(49)26(14-42)56-40/h1-12,25-28,32-33,35-54H,13-14H2. The minimum Gasteiger partial charge on any atom is -0.508 e. The van der Waals surface area contributed by atoms with Gasteiger partial charge in [0.05, 0.1) is 24.3 Å². The largest absolute Gasteiger partial charge is 0.508 e. The maximum atomic E-state index is 12.3. The second-order valence-corrected chi connectivity index (χ2v) is 14.3. The van der Waals surface area contributed by atoms with Crippen LogP contribution >= 0.6 is 0 Å². The number of aliphatic hydroxyl groups excluding tert-OH is 8. The van der Waals surface area contributed by atoms with Crippen LogP contribution in [0.5, 0.6) is 34.5 Å². The monoisotopic (exact) mass is 778 g/mol. The van der Waals surface area contributed by atoms with Crippen molar-refractivity contribution in [3.05, 3.63) is 106 Å². The summed E-state index contributed by atoms with van der Waals surface area (Å²) in [6, 6.07) is 15.8. The lowest BCUT2D eigenvalue weighted by atomic mass is 9.78. The van der Waals surface area contributed by atoms with E-state index in [2.05, 4.69) is 0 Å². The predicted octanol–water partition coefficient (Wildman–Crippen LogP) is 0.420. The van der Waals surface area contributed by atoms with Crippen LogP contribution in [0.25, 0.3) is 11.6 Å². The minimum absolute atomic E-state index is 0.0168. The van der Waals surface area contributed by atoms with Crippen molar-refractivity contribution in [1.29, 1.82) is 0 Å². The summed E-state index contributed by atoms with van der Waals surface area (Å²) >= 11 is 0. The highest BCUT2D eigenvalue weighted by Gasteiger charge is 2.50. The summed E-state index contributed by atoms with van der Waals surface area (Å²) < 4.78 is 11.3. The van der Waals surface area contributed by atoms with Gasteiger partial charge in [-0.15, -0.1) is 0 Å². The summed E-state index contributed by atoms with van der Waals surface area (Å²) in [5.41, 5.74) is 1.17. The molecule has 0 radical (unpaired) electrons. The molecule has 0 saturated carbocycles. The molecule has 2 heterocycles. The molecule has 3 aliphatic rings. The Morgan fingerprint density at radius 3 is 1.45 bits per heavy atom. The smallest absolute Gasteiger partial charge is 0.129 e. The highest BCUT2D eigenvalue weighted by molar-refractivity contribution is 5.93. The molecule has 1 aliphatic carbocycles. The Bertz CT molecular complexity index is 2080. The summed E-state index contributed by atoms with van der Waals surface area (Å²) in [7, 11) is 0. The SMILES string of the molecule is OCC1OC(c2c(O)cc(C3c4c(cc(O)c(C5OC(CO)C(O)C(O)C5O)c4O)C(=Cc4ccc(O)cc4)C3c3ccc(O)cc3)cc2O)C(O)C(O)C1O. The summed E-state index contributed by atoms with van der Waals surface area (Å²) in [6.45, 7) is -1.56.